The molecule has 0 radical (unpaired) electrons. The smallest absolute Gasteiger partial charge is 0.127 e. The number of hydrogen-bond donors (Lipinski definition) is 0. The van der Waals surface area contributed by atoms with Gasteiger partial charge >= 0.3 is 0 Å². The molecule has 0 atom stereocenters. The van der Waals surface area contributed by atoms with E-state index in [9.17, 15) is 4.79 Å². The maximum Gasteiger partial charge on any atom is 0.127 e. The largest absolute Gasteiger partial charge is 0.303 e. The van der Waals surface area contributed by atoms with Crippen molar-refractivity contribution in [2.24, 2.45) is 5.41 Å². The van der Waals surface area contributed by atoms with E-state index in [1.807, 2.05) is 0 Å². The zero-order valence-electron chi connectivity index (χ0n) is 14.3. The lowest BCUT2D eigenvalue weighted by atomic mass is 9.80. The normalized spacial score (nSPS) is 22.6. The molecule has 2 heteroatoms. The molecule has 2 fully saturated rings. The molecule has 122 valence electrons. The highest BCUT2D eigenvalue weighted by molar-refractivity contribution is 5.59. The average Bonchev–Trinajstić information content (AvgIpc) is 2.58. The number of carbonyl (C=O) groups is 1. The van der Waals surface area contributed by atoms with Gasteiger partial charge in [0.2, 0.25) is 0 Å². The first-order valence-corrected chi connectivity index (χ1v) is 9.46. The van der Waals surface area contributed by atoms with Gasteiger partial charge in [-0.15, -0.1) is 0 Å². The second-order valence-corrected chi connectivity index (χ2v) is 7.44. The van der Waals surface area contributed by atoms with Crippen molar-refractivity contribution in [3.8, 4) is 0 Å². The highest BCUT2D eigenvalue weighted by atomic mass is 16.1. The summed E-state index contributed by atoms with van der Waals surface area (Å²) in [4.78, 5) is 14.6. The van der Waals surface area contributed by atoms with Gasteiger partial charge in [-0.25, -0.2) is 0 Å². The zero-order chi connectivity index (χ0) is 15.1. The van der Waals surface area contributed by atoms with Crippen LogP contribution in [0.15, 0.2) is 0 Å². The van der Waals surface area contributed by atoms with E-state index >= 15 is 0 Å². The molecular weight excluding hydrogens is 258 g/mol. The van der Waals surface area contributed by atoms with Crippen LogP contribution in [0.1, 0.15) is 90.9 Å². The average molecular weight is 293 g/mol. The quantitative estimate of drug-likeness (QED) is 0.618. The lowest BCUT2D eigenvalue weighted by Gasteiger charge is -2.45. The van der Waals surface area contributed by atoms with Crippen molar-refractivity contribution < 1.29 is 4.79 Å². The van der Waals surface area contributed by atoms with Crippen LogP contribution in [0.3, 0.4) is 0 Å². The van der Waals surface area contributed by atoms with E-state index in [2.05, 4.69) is 18.7 Å². The summed E-state index contributed by atoms with van der Waals surface area (Å²) in [7, 11) is 0. The summed E-state index contributed by atoms with van der Waals surface area (Å²) >= 11 is 0. The van der Waals surface area contributed by atoms with Crippen molar-refractivity contribution >= 4 is 6.29 Å². The minimum absolute atomic E-state index is 0.102. The summed E-state index contributed by atoms with van der Waals surface area (Å²) in [6.45, 7) is 5.40. The maximum absolute atomic E-state index is 11.8. The molecule has 0 spiro atoms. The van der Waals surface area contributed by atoms with Crippen molar-refractivity contribution in [1.82, 2.24) is 4.90 Å². The van der Waals surface area contributed by atoms with Gasteiger partial charge in [0.15, 0.2) is 0 Å². The third-order valence-corrected chi connectivity index (χ3v) is 6.24. The van der Waals surface area contributed by atoms with Crippen LogP contribution in [0.2, 0.25) is 0 Å². The Balaban J connectivity index is 2.11. The Labute approximate surface area is 131 Å². The fourth-order valence-electron chi connectivity index (χ4n) is 4.42. The number of aldehydes is 1. The summed E-state index contributed by atoms with van der Waals surface area (Å²) in [6.07, 6.45) is 17.1. The van der Waals surface area contributed by atoms with Crippen molar-refractivity contribution in [1.29, 1.82) is 0 Å². The molecule has 0 aromatic rings. The Morgan fingerprint density at radius 1 is 0.857 bits per heavy atom. The first kappa shape index (κ1) is 17.0. The van der Waals surface area contributed by atoms with Crippen molar-refractivity contribution in [3.05, 3.63) is 0 Å². The summed E-state index contributed by atoms with van der Waals surface area (Å²) in [5.74, 6) is 0. The van der Waals surface area contributed by atoms with Gasteiger partial charge in [-0.3, -0.25) is 4.90 Å². The number of hydrogen-bond acceptors (Lipinski definition) is 2. The van der Waals surface area contributed by atoms with Crippen LogP contribution >= 0.6 is 0 Å². The Morgan fingerprint density at radius 2 is 1.29 bits per heavy atom. The van der Waals surface area contributed by atoms with Crippen LogP contribution in [-0.2, 0) is 4.79 Å². The molecule has 2 rings (SSSR count). The summed E-state index contributed by atoms with van der Waals surface area (Å²) in [5.41, 5.74) is -0.102. The molecule has 0 amide bonds. The molecule has 0 unspecified atom stereocenters. The SMILES string of the molecule is CCC(C=O)(CC)CN(C1CCCCC1)C1CCCCC1. The fourth-order valence-corrected chi connectivity index (χ4v) is 4.42. The maximum atomic E-state index is 11.8. The van der Waals surface area contributed by atoms with E-state index < -0.39 is 0 Å². The predicted octanol–water partition coefficient (Wildman–Crippen LogP) is 4.96. The summed E-state index contributed by atoms with van der Waals surface area (Å²) in [5, 5.41) is 0. The van der Waals surface area contributed by atoms with Gasteiger partial charge in [0.25, 0.3) is 0 Å². The van der Waals surface area contributed by atoms with Crippen LogP contribution in [0.5, 0.6) is 0 Å². The van der Waals surface area contributed by atoms with Crippen molar-refractivity contribution in [2.75, 3.05) is 6.54 Å². The third-order valence-electron chi connectivity index (χ3n) is 6.24. The standard InChI is InChI=1S/C19H35NO/c1-3-19(4-2,16-21)15-20(17-11-7-5-8-12-17)18-13-9-6-10-14-18/h16-18H,3-15H2,1-2H3. The zero-order valence-corrected chi connectivity index (χ0v) is 14.3. The van der Waals surface area contributed by atoms with Gasteiger partial charge in [0.05, 0.1) is 0 Å². The Kier molecular flexibility index (Phi) is 6.73. The van der Waals surface area contributed by atoms with E-state index in [-0.39, 0.29) is 5.41 Å². The van der Waals surface area contributed by atoms with Gasteiger partial charge < -0.3 is 4.79 Å². The van der Waals surface area contributed by atoms with Crippen LogP contribution < -0.4 is 0 Å². The third kappa shape index (κ3) is 4.31. The molecule has 0 aromatic carbocycles. The van der Waals surface area contributed by atoms with Gasteiger partial charge in [0, 0.05) is 24.0 Å². The van der Waals surface area contributed by atoms with Gasteiger partial charge in [-0.05, 0) is 38.5 Å². The summed E-state index contributed by atoms with van der Waals surface area (Å²) in [6, 6.07) is 1.50. The number of nitrogens with zero attached hydrogens (tertiary/aromatic N) is 1. The number of rotatable bonds is 7. The first-order valence-electron chi connectivity index (χ1n) is 9.46. The fraction of sp³-hybridized carbons (Fsp3) is 0.947. The molecule has 0 saturated heterocycles. The van der Waals surface area contributed by atoms with Crippen LogP contribution in [0.4, 0.5) is 0 Å². The van der Waals surface area contributed by atoms with E-state index in [0.717, 1.165) is 31.5 Å². The van der Waals surface area contributed by atoms with Crippen LogP contribution in [0, 0.1) is 5.41 Å². The highest BCUT2D eigenvalue weighted by Gasteiger charge is 2.35. The predicted molar refractivity (Wildman–Crippen MR) is 89.5 cm³/mol. The first-order chi connectivity index (χ1) is 10.2. The molecule has 2 aliphatic rings. The topological polar surface area (TPSA) is 20.3 Å². The minimum Gasteiger partial charge on any atom is -0.303 e. The summed E-state index contributed by atoms with van der Waals surface area (Å²) < 4.78 is 0. The molecule has 2 aliphatic carbocycles. The molecule has 2 saturated carbocycles. The Hall–Kier alpha value is -0.370. The van der Waals surface area contributed by atoms with Gasteiger partial charge in [-0.1, -0.05) is 52.4 Å². The van der Waals surface area contributed by atoms with E-state index in [1.54, 1.807) is 0 Å². The van der Waals surface area contributed by atoms with E-state index in [4.69, 9.17) is 0 Å². The van der Waals surface area contributed by atoms with E-state index in [0.29, 0.717) is 0 Å². The Morgan fingerprint density at radius 3 is 1.62 bits per heavy atom. The molecule has 0 bridgehead atoms. The number of carbonyl (C=O) groups excluding carboxylic acids is 1. The molecular formula is C19H35NO. The van der Waals surface area contributed by atoms with Crippen LogP contribution in [0.25, 0.3) is 0 Å². The Bertz CT molecular complexity index is 281. The lowest BCUT2D eigenvalue weighted by Crippen LogP contribution is -2.50. The molecule has 21 heavy (non-hydrogen) atoms. The molecule has 0 aliphatic heterocycles. The second-order valence-electron chi connectivity index (χ2n) is 7.44. The van der Waals surface area contributed by atoms with Gasteiger partial charge in [-0.2, -0.15) is 0 Å². The molecule has 2 nitrogen and oxygen atoms in total. The highest BCUT2D eigenvalue weighted by Crippen LogP contribution is 2.34. The lowest BCUT2D eigenvalue weighted by molar-refractivity contribution is -0.119. The molecule has 0 heterocycles. The van der Waals surface area contributed by atoms with Crippen LogP contribution in [-0.4, -0.2) is 29.8 Å². The second kappa shape index (κ2) is 8.31. The molecule has 0 N–H and O–H groups in total. The van der Waals surface area contributed by atoms with Crippen molar-refractivity contribution in [3.63, 3.8) is 0 Å². The molecule has 0 aromatic heterocycles. The van der Waals surface area contributed by atoms with E-state index in [1.165, 1.54) is 70.5 Å². The minimum atomic E-state index is -0.102. The van der Waals surface area contributed by atoms with Gasteiger partial charge in [0.1, 0.15) is 6.29 Å². The van der Waals surface area contributed by atoms with Crippen molar-refractivity contribution in [2.45, 2.75) is 103 Å². The monoisotopic (exact) mass is 293 g/mol.